The van der Waals surface area contributed by atoms with Crippen molar-refractivity contribution in [3.63, 3.8) is 0 Å². The van der Waals surface area contributed by atoms with Gasteiger partial charge in [0.05, 0.1) is 6.54 Å². The Kier molecular flexibility index (Phi) is 5.65. The van der Waals surface area contributed by atoms with Crippen LogP contribution in [0.15, 0.2) is 24.3 Å². The summed E-state index contributed by atoms with van der Waals surface area (Å²) in [5, 5.41) is 12.0. The molecular formula is C14H22N2O2. The molecular weight excluding hydrogens is 228 g/mol. The molecule has 4 heteroatoms. The van der Waals surface area contributed by atoms with Crippen LogP contribution in [-0.4, -0.2) is 36.1 Å². The van der Waals surface area contributed by atoms with Crippen molar-refractivity contribution in [2.24, 2.45) is 0 Å². The minimum atomic E-state index is 0.0223. The minimum Gasteiger partial charge on any atom is -0.508 e. The summed E-state index contributed by atoms with van der Waals surface area (Å²) in [6, 6.07) is 7.40. The van der Waals surface area contributed by atoms with E-state index < -0.39 is 0 Å². The van der Waals surface area contributed by atoms with Gasteiger partial charge in [-0.15, -0.1) is 0 Å². The second-order valence-electron chi connectivity index (χ2n) is 4.25. The summed E-state index contributed by atoms with van der Waals surface area (Å²) >= 11 is 0. The molecule has 100 valence electrons. The maximum atomic E-state index is 11.5. The molecule has 0 fully saturated rings. The second-order valence-corrected chi connectivity index (χ2v) is 4.25. The van der Waals surface area contributed by atoms with Gasteiger partial charge in [0.25, 0.3) is 0 Å². The number of likely N-dealkylation sites (N-methyl/N-ethyl adjacent to an activating group) is 2. The Bertz CT molecular complexity index is 376. The Hall–Kier alpha value is -1.55. The number of phenols is 1. The van der Waals surface area contributed by atoms with E-state index in [0.29, 0.717) is 6.54 Å². The molecule has 0 spiro atoms. The van der Waals surface area contributed by atoms with Crippen LogP contribution in [0.5, 0.6) is 5.75 Å². The number of rotatable bonds is 6. The summed E-state index contributed by atoms with van der Waals surface area (Å²) in [7, 11) is 1.65. The van der Waals surface area contributed by atoms with Crippen LogP contribution in [0.4, 0.5) is 0 Å². The zero-order valence-corrected chi connectivity index (χ0v) is 11.3. The van der Waals surface area contributed by atoms with Crippen LogP contribution in [0, 0.1) is 0 Å². The monoisotopic (exact) mass is 250 g/mol. The van der Waals surface area contributed by atoms with Crippen LogP contribution in [0.1, 0.15) is 31.9 Å². The molecule has 0 radical (unpaired) electrons. The van der Waals surface area contributed by atoms with Crippen molar-refractivity contribution in [1.29, 1.82) is 0 Å². The van der Waals surface area contributed by atoms with Crippen LogP contribution in [0.3, 0.4) is 0 Å². The molecule has 1 atom stereocenters. The van der Waals surface area contributed by atoms with Crippen LogP contribution >= 0.6 is 0 Å². The van der Waals surface area contributed by atoms with Gasteiger partial charge < -0.3 is 10.4 Å². The summed E-state index contributed by atoms with van der Waals surface area (Å²) in [6.07, 6.45) is 0.926. The summed E-state index contributed by atoms with van der Waals surface area (Å²) in [6.45, 7) is 5.36. The number of aromatic hydroxyl groups is 1. The van der Waals surface area contributed by atoms with Gasteiger partial charge in [-0.2, -0.15) is 0 Å². The van der Waals surface area contributed by atoms with E-state index in [4.69, 9.17) is 0 Å². The highest BCUT2D eigenvalue weighted by atomic mass is 16.3. The lowest BCUT2D eigenvalue weighted by Gasteiger charge is -2.29. The van der Waals surface area contributed by atoms with E-state index in [0.717, 1.165) is 18.5 Å². The van der Waals surface area contributed by atoms with Gasteiger partial charge in [-0.3, -0.25) is 9.69 Å². The molecule has 0 bridgehead atoms. The van der Waals surface area contributed by atoms with Gasteiger partial charge in [-0.1, -0.05) is 26.0 Å². The average Bonchev–Trinajstić information content (AvgIpc) is 2.40. The zero-order valence-electron chi connectivity index (χ0n) is 11.3. The molecule has 1 unspecified atom stereocenters. The molecule has 4 nitrogen and oxygen atoms in total. The molecule has 0 aliphatic rings. The third-order valence-electron chi connectivity index (χ3n) is 3.14. The van der Waals surface area contributed by atoms with Crippen molar-refractivity contribution in [2.75, 3.05) is 20.1 Å². The number of benzene rings is 1. The Morgan fingerprint density at radius 2 is 1.94 bits per heavy atom. The third-order valence-corrected chi connectivity index (χ3v) is 3.14. The first-order valence-electron chi connectivity index (χ1n) is 6.35. The van der Waals surface area contributed by atoms with Crippen molar-refractivity contribution in [1.82, 2.24) is 10.2 Å². The van der Waals surface area contributed by atoms with Crippen molar-refractivity contribution >= 4 is 5.91 Å². The summed E-state index contributed by atoms with van der Waals surface area (Å²) < 4.78 is 0. The first-order chi connectivity index (χ1) is 8.62. The van der Waals surface area contributed by atoms with E-state index >= 15 is 0 Å². The van der Waals surface area contributed by atoms with Crippen LogP contribution in [0.25, 0.3) is 0 Å². The molecule has 0 heterocycles. The Morgan fingerprint density at radius 3 is 2.39 bits per heavy atom. The lowest BCUT2D eigenvalue weighted by Crippen LogP contribution is -2.37. The Labute approximate surface area is 109 Å². The zero-order chi connectivity index (χ0) is 13.5. The highest BCUT2D eigenvalue weighted by molar-refractivity contribution is 5.77. The molecule has 1 amide bonds. The lowest BCUT2D eigenvalue weighted by molar-refractivity contribution is -0.122. The van der Waals surface area contributed by atoms with E-state index in [1.54, 1.807) is 19.2 Å². The number of carbonyl (C=O) groups is 1. The fraction of sp³-hybridized carbons (Fsp3) is 0.500. The van der Waals surface area contributed by atoms with Crippen LogP contribution < -0.4 is 5.32 Å². The van der Waals surface area contributed by atoms with Gasteiger partial charge in [0.2, 0.25) is 5.91 Å². The van der Waals surface area contributed by atoms with E-state index in [1.807, 2.05) is 19.1 Å². The molecule has 1 aromatic carbocycles. The van der Waals surface area contributed by atoms with Crippen molar-refractivity contribution in [2.45, 2.75) is 26.3 Å². The van der Waals surface area contributed by atoms with E-state index in [2.05, 4.69) is 17.1 Å². The van der Waals surface area contributed by atoms with Gasteiger partial charge in [-0.05, 0) is 30.7 Å². The SMILES string of the molecule is CCC(c1ccc(O)cc1)N(CC)CC(=O)NC. The van der Waals surface area contributed by atoms with Crippen LogP contribution in [0.2, 0.25) is 0 Å². The predicted molar refractivity (Wildman–Crippen MR) is 72.5 cm³/mol. The normalized spacial score (nSPS) is 12.4. The predicted octanol–water partition coefficient (Wildman–Crippen LogP) is 1.91. The van der Waals surface area contributed by atoms with Crippen molar-refractivity contribution in [3.05, 3.63) is 29.8 Å². The minimum absolute atomic E-state index is 0.0223. The molecule has 1 aromatic rings. The molecule has 0 aliphatic heterocycles. The first kappa shape index (κ1) is 14.5. The number of nitrogens with zero attached hydrogens (tertiary/aromatic N) is 1. The van der Waals surface area contributed by atoms with Gasteiger partial charge in [-0.25, -0.2) is 0 Å². The van der Waals surface area contributed by atoms with Gasteiger partial charge in [0.15, 0.2) is 0 Å². The van der Waals surface area contributed by atoms with Gasteiger partial charge >= 0.3 is 0 Å². The standard InChI is InChI=1S/C14H22N2O2/c1-4-13(11-6-8-12(17)9-7-11)16(5-2)10-14(18)15-3/h6-9,13,17H,4-5,10H2,1-3H3,(H,15,18). The Morgan fingerprint density at radius 1 is 1.33 bits per heavy atom. The van der Waals surface area contributed by atoms with Gasteiger partial charge in [0.1, 0.15) is 5.75 Å². The highest BCUT2D eigenvalue weighted by Crippen LogP contribution is 2.25. The first-order valence-corrected chi connectivity index (χ1v) is 6.35. The molecule has 0 saturated carbocycles. The van der Waals surface area contributed by atoms with Gasteiger partial charge in [0, 0.05) is 13.1 Å². The maximum absolute atomic E-state index is 11.5. The topological polar surface area (TPSA) is 52.6 Å². The fourth-order valence-electron chi connectivity index (χ4n) is 2.11. The molecule has 2 N–H and O–H groups in total. The number of phenolic OH excluding ortho intramolecular Hbond substituents is 1. The number of hydrogen-bond acceptors (Lipinski definition) is 3. The average molecular weight is 250 g/mol. The maximum Gasteiger partial charge on any atom is 0.233 e. The third kappa shape index (κ3) is 3.74. The van der Waals surface area contributed by atoms with E-state index in [-0.39, 0.29) is 17.7 Å². The lowest BCUT2D eigenvalue weighted by atomic mass is 10.0. The summed E-state index contributed by atoms with van der Waals surface area (Å²) in [4.78, 5) is 13.6. The number of nitrogens with one attached hydrogen (secondary N) is 1. The van der Waals surface area contributed by atoms with Crippen molar-refractivity contribution in [3.8, 4) is 5.75 Å². The molecule has 1 rings (SSSR count). The number of hydrogen-bond donors (Lipinski definition) is 2. The summed E-state index contributed by atoms with van der Waals surface area (Å²) in [5.74, 6) is 0.289. The smallest absolute Gasteiger partial charge is 0.233 e. The number of carbonyl (C=O) groups excluding carboxylic acids is 1. The number of amides is 1. The molecule has 0 aromatic heterocycles. The van der Waals surface area contributed by atoms with Crippen LogP contribution in [-0.2, 0) is 4.79 Å². The molecule has 0 aliphatic carbocycles. The van der Waals surface area contributed by atoms with E-state index in [1.165, 1.54) is 0 Å². The quantitative estimate of drug-likeness (QED) is 0.811. The Balaban J connectivity index is 2.85. The molecule has 0 saturated heterocycles. The second kappa shape index (κ2) is 7.01. The molecule has 18 heavy (non-hydrogen) atoms. The highest BCUT2D eigenvalue weighted by Gasteiger charge is 2.19. The van der Waals surface area contributed by atoms with Crippen molar-refractivity contribution < 1.29 is 9.90 Å². The van der Waals surface area contributed by atoms with E-state index in [9.17, 15) is 9.90 Å². The largest absolute Gasteiger partial charge is 0.508 e. The fourth-order valence-corrected chi connectivity index (χ4v) is 2.11. The summed E-state index contributed by atoms with van der Waals surface area (Å²) in [5.41, 5.74) is 1.13.